The van der Waals surface area contributed by atoms with Crippen LogP contribution in [0.3, 0.4) is 0 Å². The van der Waals surface area contributed by atoms with E-state index in [9.17, 15) is 4.79 Å². The molecule has 5 aromatic rings. The van der Waals surface area contributed by atoms with Crippen LogP contribution in [0.2, 0.25) is 0 Å². The van der Waals surface area contributed by atoms with Gasteiger partial charge < -0.3 is 14.8 Å². The SMILES string of the molecule is COc1cc(OC)cc(C(=O)Nc2ccc(C)c(-n3ccc4ncc(-c5cccnc5)n43)c2)c1. The number of anilines is 1. The number of nitrogens with one attached hydrogen (secondary N) is 1. The molecule has 1 amide bonds. The van der Waals surface area contributed by atoms with Gasteiger partial charge in [-0.1, -0.05) is 6.07 Å². The average molecular weight is 454 g/mol. The number of ether oxygens (including phenoxy) is 2. The first kappa shape index (κ1) is 21.3. The van der Waals surface area contributed by atoms with E-state index in [1.807, 2.05) is 71.1 Å². The van der Waals surface area contributed by atoms with Crippen LogP contribution < -0.4 is 14.8 Å². The Kier molecular flexibility index (Phi) is 5.47. The summed E-state index contributed by atoms with van der Waals surface area (Å²) in [6, 6.07) is 16.7. The Morgan fingerprint density at radius 3 is 2.47 bits per heavy atom. The standard InChI is InChI=1S/C26H23N5O3/c1-17-6-7-20(29-26(32)19-11-21(33-2)14-22(12-19)34-3)13-23(17)30-10-8-25-28-16-24(31(25)30)18-5-4-9-27-15-18/h4-16H,1-3H3,(H,29,32). The number of carbonyl (C=O) groups is 1. The van der Waals surface area contributed by atoms with Crippen molar-refractivity contribution in [1.82, 2.24) is 19.2 Å². The minimum absolute atomic E-state index is 0.261. The van der Waals surface area contributed by atoms with E-state index in [2.05, 4.69) is 15.3 Å². The normalized spacial score (nSPS) is 10.9. The van der Waals surface area contributed by atoms with Gasteiger partial charge in [0.05, 0.1) is 31.8 Å². The lowest BCUT2D eigenvalue weighted by atomic mass is 10.1. The highest BCUT2D eigenvalue weighted by Gasteiger charge is 2.15. The highest BCUT2D eigenvalue weighted by atomic mass is 16.5. The molecular weight excluding hydrogens is 430 g/mol. The van der Waals surface area contributed by atoms with E-state index in [-0.39, 0.29) is 5.91 Å². The van der Waals surface area contributed by atoms with Crippen molar-refractivity contribution in [2.24, 2.45) is 0 Å². The highest BCUT2D eigenvalue weighted by Crippen LogP contribution is 2.27. The Morgan fingerprint density at radius 2 is 1.76 bits per heavy atom. The number of fused-ring (bicyclic) bond motifs is 1. The summed E-state index contributed by atoms with van der Waals surface area (Å²) in [6.07, 6.45) is 7.35. The predicted molar refractivity (Wildman–Crippen MR) is 130 cm³/mol. The summed E-state index contributed by atoms with van der Waals surface area (Å²) in [5.74, 6) is 0.835. The van der Waals surface area contributed by atoms with Crippen LogP contribution in [0.1, 0.15) is 15.9 Å². The van der Waals surface area contributed by atoms with Crippen molar-refractivity contribution < 1.29 is 14.3 Å². The molecule has 0 bridgehead atoms. The van der Waals surface area contributed by atoms with E-state index >= 15 is 0 Å². The molecular formula is C26H23N5O3. The van der Waals surface area contributed by atoms with Gasteiger partial charge in [-0.05, 0) is 48.9 Å². The van der Waals surface area contributed by atoms with Crippen LogP contribution in [-0.2, 0) is 0 Å². The van der Waals surface area contributed by atoms with Crippen molar-refractivity contribution in [3.8, 4) is 28.4 Å². The van der Waals surface area contributed by atoms with Crippen molar-refractivity contribution in [2.45, 2.75) is 6.92 Å². The fourth-order valence-electron chi connectivity index (χ4n) is 3.88. The van der Waals surface area contributed by atoms with Gasteiger partial charge in [0.15, 0.2) is 5.65 Å². The van der Waals surface area contributed by atoms with Crippen molar-refractivity contribution in [3.05, 3.63) is 90.5 Å². The molecule has 0 saturated heterocycles. The van der Waals surface area contributed by atoms with E-state index < -0.39 is 0 Å². The van der Waals surface area contributed by atoms with Crippen LogP contribution in [0.5, 0.6) is 11.5 Å². The number of carbonyl (C=O) groups excluding carboxylic acids is 1. The molecule has 0 aliphatic carbocycles. The summed E-state index contributed by atoms with van der Waals surface area (Å²) in [5.41, 5.74) is 5.77. The first-order valence-corrected chi connectivity index (χ1v) is 10.7. The van der Waals surface area contributed by atoms with Gasteiger partial charge >= 0.3 is 0 Å². The molecule has 0 unspecified atom stereocenters. The summed E-state index contributed by atoms with van der Waals surface area (Å²) >= 11 is 0. The second-order valence-electron chi connectivity index (χ2n) is 7.77. The molecule has 3 aromatic heterocycles. The Labute approximate surface area is 196 Å². The Morgan fingerprint density at radius 1 is 0.971 bits per heavy atom. The van der Waals surface area contributed by atoms with E-state index in [1.165, 1.54) is 0 Å². The maximum Gasteiger partial charge on any atom is 0.255 e. The maximum atomic E-state index is 13.0. The number of hydrogen-bond donors (Lipinski definition) is 1. The molecule has 34 heavy (non-hydrogen) atoms. The zero-order chi connectivity index (χ0) is 23.7. The first-order valence-electron chi connectivity index (χ1n) is 10.7. The Balaban J connectivity index is 1.52. The average Bonchev–Trinajstić information content (AvgIpc) is 3.48. The molecule has 0 aliphatic rings. The summed E-state index contributed by atoms with van der Waals surface area (Å²) in [4.78, 5) is 21.8. The third kappa shape index (κ3) is 3.86. The van der Waals surface area contributed by atoms with Gasteiger partial charge in [-0.2, -0.15) is 0 Å². The number of nitrogens with zero attached hydrogens (tertiary/aromatic N) is 4. The zero-order valence-corrected chi connectivity index (χ0v) is 19.0. The molecule has 3 heterocycles. The third-order valence-electron chi connectivity index (χ3n) is 5.63. The van der Waals surface area contributed by atoms with Crippen LogP contribution in [-0.4, -0.2) is 39.3 Å². The number of pyridine rings is 1. The second-order valence-corrected chi connectivity index (χ2v) is 7.77. The molecule has 0 aliphatic heterocycles. The molecule has 0 radical (unpaired) electrons. The van der Waals surface area contributed by atoms with Crippen molar-refractivity contribution in [3.63, 3.8) is 0 Å². The summed E-state index contributed by atoms with van der Waals surface area (Å²) < 4.78 is 14.6. The van der Waals surface area contributed by atoms with E-state index in [4.69, 9.17) is 9.47 Å². The van der Waals surface area contributed by atoms with Crippen LogP contribution in [0.15, 0.2) is 79.4 Å². The molecule has 0 fully saturated rings. The van der Waals surface area contributed by atoms with E-state index in [0.29, 0.717) is 22.7 Å². The number of aromatic nitrogens is 4. The maximum absolute atomic E-state index is 13.0. The highest BCUT2D eigenvalue weighted by molar-refractivity contribution is 6.05. The van der Waals surface area contributed by atoms with Crippen LogP contribution in [0, 0.1) is 6.92 Å². The first-order chi connectivity index (χ1) is 16.6. The Bertz CT molecular complexity index is 1470. The predicted octanol–water partition coefficient (Wildman–Crippen LogP) is 4.76. The van der Waals surface area contributed by atoms with Crippen molar-refractivity contribution in [1.29, 1.82) is 0 Å². The Hall–Kier alpha value is -4.59. The van der Waals surface area contributed by atoms with Gasteiger partial charge in [-0.3, -0.25) is 14.5 Å². The molecule has 5 rings (SSSR count). The fraction of sp³-hybridized carbons (Fsp3) is 0.115. The summed E-state index contributed by atoms with van der Waals surface area (Å²) in [6.45, 7) is 2.03. The van der Waals surface area contributed by atoms with Crippen molar-refractivity contribution >= 4 is 17.2 Å². The van der Waals surface area contributed by atoms with E-state index in [0.717, 1.165) is 28.2 Å². The van der Waals surface area contributed by atoms with Crippen LogP contribution in [0.4, 0.5) is 5.69 Å². The minimum Gasteiger partial charge on any atom is -0.497 e. The molecule has 0 atom stereocenters. The molecule has 0 spiro atoms. The molecule has 8 nitrogen and oxygen atoms in total. The lowest BCUT2D eigenvalue weighted by Crippen LogP contribution is -2.13. The smallest absolute Gasteiger partial charge is 0.255 e. The minimum atomic E-state index is -0.261. The third-order valence-corrected chi connectivity index (χ3v) is 5.63. The quantitative estimate of drug-likeness (QED) is 0.401. The van der Waals surface area contributed by atoms with Gasteiger partial charge in [0, 0.05) is 47.5 Å². The zero-order valence-electron chi connectivity index (χ0n) is 19.0. The molecule has 2 aromatic carbocycles. The monoisotopic (exact) mass is 453 g/mol. The molecule has 8 heteroatoms. The number of hydrogen-bond acceptors (Lipinski definition) is 5. The van der Waals surface area contributed by atoms with Crippen LogP contribution >= 0.6 is 0 Å². The number of amides is 1. The van der Waals surface area contributed by atoms with Gasteiger partial charge in [0.25, 0.3) is 5.91 Å². The fourth-order valence-corrected chi connectivity index (χ4v) is 3.88. The lowest BCUT2D eigenvalue weighted by molar-refractivity contribution is 0.102. The topological polar surface area (TPSA) is 82.7 Å². The second kappa shape index (κ2) is 8.74. The molecule has 170 valence electrons. The summed E-state index contributed by atoms with van der Waals surface area (Å²) in [5, 5.41) is 2.98. The van der Waals surface area contributed by atoms with Gasteiger partial charge in [-0.15, -0.1) is 0 Å². The lowest BCUT2D eigenvalue weighted by Gasteiger charge is -2.14. The molecule has 0 saturated carbocycles. The summed E-state index contributed by atoms with van der Waals surface area (Å²) in [7, 11) is 3.10. The van der Waals surface area contributed by atoms with Gasteiger partial charge in [-0.25, -0.2) is 9.50 Å². The molecule has 1 N–H and O–H groups in total. The number of methoxy groups -OCH3 is 2. The number of aryl methyl sites for hydroxylation is 1. The number of imidazole rings is 1. The van der Waals surface area contributed by atoms with Crippen molar-refractivity contribution in [2.75, 3.05) is 19.5 Å². The van der Waals surface area contributed by atoms with Gasteiger partial charge in [0.2, 0.25) is 0 Å². The van der Waals surface area contributed by atoms with Crippen LogP contribution in [0.25, 0.3) is 22.6 Å². The van der Waals surface area contributed by atoms with Gasteiger partial charge in [0.1, 0.15) is 11.5 Å². The number of rotatable bonds is 6. The van der Waals surface area contributed by atoms with E-state index in [1.54, 1.807) is 38.6 Å². The largest absolute Gasteiger partial charge is 0.497 e. The number of benzene rings is 2.